The molecule has 0 atom stereocenters. The van der Waals surface area contributed by atoms with Crippen molar-refractivity contribution < 1.29 is 24.4 Å². The lowest BCUT2D eigenvalue weighted by Gasteiger charge is -2.06. The Morgan fingerprint density at radius 1 is 1.42 bits per heavy atom. The second-order valence-corrected chi connectivity index (χ2v) is 4.34. The molecule has 0 aliphatic heterocycles. The van der Waals surface area contributed by atoms with Gasteiger partial charge in [0.05, 0.1) is 28.1 Å². The molecule has 7 nitrogen and oxygen atoms in total. The van der Waals surface area contributed by atoms with E-state index in [0.717, 1.165) is 17.8 Å². The van der Waals surface area contributed by atoms with Crippen molar-refractivity contribution in [1.82, 2.24) is 0 Å². The lowest BCUT2D eigenvalue weighted by Crippen LogP contribution is -2.22. The third-order valence-electron chi connectivity index (χ3n) is 2.04. The molecule has 8 heteroatoms. The van der Waals surface area contributed by atoms with E-state index in [1.807, 2.05) is 0 Å². The van der Waals surface area contributed by atoms with Crippen LogP contribution in [0.5, 0.6) is 0 Å². The standard InChI is InChI=1S/C11H11NO6S/c1-2-18-10(13)6-19-9-4-3-7(11(14)15)5-8(9)12(16)17/h3-5H,2,6H2,1H3,(H,14,15)/p-1. The first-order valence-corrected chi connectivity index (χ1v) is 6.22. The van der Waals surface area contributed by atoms with Crippen molar-refractivity contribution in [3.8, 4) is 0 Å². The average Bonchev–Trinajstić information content (AvgIpc) is 2.36. The van der Waals surface area contributed by atoms with Crippen LogP contribution in [0, 0.1) is 10.1 Å². The average molecular weight is 284 g/mol. The van der Waals surface area contributed by atoms with Crippen LogP contribution < -0.4 is 5.11 Å². The molecule has 0 aliphatic rings. The molecule has 0 aromatic heterocycles. The number of carboxylic acid groups (broad SMARTS) is 1. The highest BCUT2D eigenvalue weighted by Gasteiger charge is 2.16. The fourth-order valence-corrected chi connectivity index (χ4v) is 2.05. The molecular formula is C11H10NO6S-. The summed E-state index contributed by atoms with van der Waals surface area (Å²) >= 11 is 0.914. The molecule has 0 amide bonds. The number of nitrogens with zero attached hydrogens (tertiary/aromatic N) is 1. The summed E-state index contributed by atoms with van der Waals surface area (Å²) in [5, 5.41) is 21.5. The topological polar surface area (TPSA) is 110 Å². The largest absolute Gasteiger partial charge is 0.545 e. The van der Waals surface area contributed by atoms with E-state index in [-0.39, 0.29) is 28.5 Å². The minimum Gasteiger partial charge on any atom is -0.545 e. The maximum Gasteiger partial charge on any atom is 0.316 e. The number of aromatic carboxylic acids is 1. The summed E-state index contributed by atoms with van der Waals surface area (Å²) in [4.78, 5) is 32.1. The number of carbonyl (C=O) groups is 2. The highest BCUT2D eigenvalue weighted by molar-refractivity contribution is 8.00. The predicted molar refractivity (Wildman–Crippen MR) is 64.8 cm³/mol. The van der Waals surface area contributed by atoms with Crippen LogP contribution in [0.3, 0.4) is 0 Å². The normalized spacial score (nSPS) is 9.95. The number of nitro benzene ring substituents is 1. The summed E-state index contributed by atoms with van der Waals surface area (Å²) < 4.78 is 4.69. The highest BCUT2D eigenvalue weighted by Crippen LogP contribution is 2.30. The van der Waals surface area contributed by atoms with Crippen LogP contribution in [-0.2, 0) is 9.53 Å². The van der Waals surface area contributed by atoms with Crippen molar-refractivity contribution in [2.75, 3.05) is 12.4 Å². The Morgan fingerprint density at radius 2 is 2.11 bits per heavy atom. The third-order valence-corrected chi connectivity index (χ3v) is 3.08. The van der Waals surface area contributed by atoms with Gasteiger partial charge in [-0.25, -0.2) is 0 Å². The summed E-state index contributed by atoms with van der Waals surface area (Å²) in [5.41, 5.74) is -0.664. The molecule has 0 N–H and O–H groups in total. The maximum absolute atomic E-state index is 11.2. The number of benzene rings is 1. The molecule has 0 saturated carbocycles. The van der Waals surface area contributed by atoms with Crippen LogP contribution in [0.4, 0.5) is 5.69 Å². The molecule has 1 rings (SSSR count). The van der Waals surface area contributed by atoms with E-state index in [1.54, 1.807) is 6.92 Å². The van der Waals surface area contributed by atoms with Gasteiger partial charge in [-0.2, -0.15) is 0 Å². The molecule has 1 aromatic carbocycles. The van der Waals surface area contributed by atoms with Crippen LogP contribution in [0.25, 0.3) is 0 Å². The van der Waals surface area contributed by atoms with Gasteiger partial charge in [-0.15, -0.1) is 11.8 Å². The molecule has 19 heavy (non-hydrogen) atoms. The second kappa shape index (κ2) is 6.74. The first-order valence-electron chi connectivity index (χ1n) is 5.24. The SMILES string of the molecule is CCOC(=O)CSc1ccc(C(=O)[O-])cc1[N+](=O)[O-]. The van der Waals surface area contributed by atoms with Gasteiger partial charge in [0.15, 0.2) is 0 Å². The second-order valence-electron chi connectivity index (χ2n) is 3.32. The predicted octanol–water partition coefficient (Wildman–Crippen LogP) is 0.613. The molecule has 0 heterocycles. The molecule has 0 saturated heterocycles. The van der Waals surface area contributed by atoms with E-state index < -0.39 is 16.9 Å². The number of hydrogen-bond acceptors (Lipinski definition) is 7. The Bertz CT molecular complexity index is 516. The van der Waals surface area contributed by atoms with Crippen molar-refractivity contribution in [3.63, 3.8) is 0 Å². The molecule has 1 aromatic rings. The lowest BCUT2D eigenvalue weighted by atomic mass is 10.2. The van der Waals surface area contributed by atoms with Gasteiger partial charge >= 0.3 is 5.97 Å². The minimum atomic E-state index is -1.50. The number of rotatable bonds is 6. The van der Waals surface area contributed by atoms with Gasteiger partial charge in [0.25, 0.3) is 5.69 Å². The van der Waals surface area contributed by atoms with Crippen LogP contribution in [0.15, 0.2) is 23.1 Å². The number of thioether (sulfide) groups is 1. The summed E-state index contributed by atoms with van der Waals surface area (Å²) in [6.45, 7) is 1.88. The van der Waals surface area contributed by atoms with E-state index in [2.05, 4.69) is 0 Å². The summed E-state index contributed by atoms with van der Waals surface area (Å²) in [5.74, 6) is -2.07. The van der Waals surface area contributed by atoms with Crippen LogP contribution in [0.2, 0.25) is 0 Å². The number of ether oxygens (including phenoxy) is 1. The van der Waals surface area contributed by atoms with E-state index >= 15 is 0 Å². The Balaban J connectivity index is 2.91. The van der Waals surface area contributed by atoms with Gasteiger partial charge in [0.1, 0.15) is 0 Å². The number of carbonyl (C=O) groups excluding carboxylic acids is 2. The Kier molecular flexibility index (Phi) is 5.31. The van der Waals surface area contributed by atoms with Gasteiger partial charge in [0.2, 0.25) is 0 Å². The van der Waals surface area contributed by atoms with Gasteiger partial charge in [-0.1, -0.05) is 6.07 Å². The lowest BCUT2D eigenvalue weighted by molar-refractivity contribution is -0.387. The Labute approximate surface area is 112 Å². The van der Waals surface area contributed by atoms with Crippen LogP contribution in [0.1, 0.15) is 17.3 Å². The third kappa shape index (κ3) is 4.25. The van der Waals surface area contributed by atoms with Crippen molar-refractivity contribution in [1.29, 1.82) is 0 Å². The number of hydrogen-bond donors (Lipinski definition) is 0. The molecule has 0 unspecified atom stereocenters. The first-order chi connectivity index (χ1) is 8.95. The summed E-state index contributed by atoms with van der Waals surface area (Å²) in [6.07, 6.45) is 0. The van der Waals surface area contributed by atoms with Crippen LogP contribution >= 0.6 is 11.8 Å². The monoisotopic (exact) mass is 284 g/mol. The molecule has 102 valence electrons. The van der Waals surface area contributed by atoms with Crippen LogP contribution in [-0.4, -0.2) is 29.2 Å². The zero-order chi connectivity index (χ0) is 14.4. The fraction of sp³-hybridized carbons (Fsp3) is 0.273. The van der Waals surface area contributed by atoms with Gasteiger partial charge in [-0.05, 0) is 13.0 Å². The first kappa shape index (κ1) is 15.0. The molecule has 0 radical (unpaired) electrons. The number of nitro groups is 1. The molecular weight excluding hydrogens is 274 g/mol. The van der Waals surface area contributed by atoms with E-state index in [0.29, 0.717) is 0 Å². The smallest absolute Gasteiger partial charge is 0.316 e. The summed E-state index contributed by atoms with van der Waals surface area (Å²) in [7, 11) is 0. The molecule has 0 fully saturated rings. The zero-order valence-corrected chi connectivity index (χ0v) is 10.8. The zero-order valence-electron chi connectivity index (χ0n) is 9.95. The highest BCUT2D eigenvalue weighted by atomic mass is 32.2. The quantitative estimate of drug-likeness (QED) is 0.326. The van der Waals surface area contributed by atoms with Crippen molar-refractivity contribution in [2.24, 2.45) is 0 Å². The number of esters is 1. The molecule has 0 spiro atoms. The van der Waals surface area contributed by atoms with Gasteiger partial charge in [-0.3, -0.25) is 14.9 Å². The minimum absolute atomic E-state index is 0.0840. The summed E-state index contributed by atoms with van der Waals surface area (Å²) in [6, 6.07) is 3.37. The fourth-order valence-electron chi connectivity index (χ4n) is 1.25. The Hall–Kier alpha value is -2.09. The maximum atomic E-state index is 11.2. The van der Waals surface area contributed by atoms with Gasteiger partial charge < -0.3 is 14.6 Å². The number of carboxylic acids is 1. The molecule has 0 bridgehead atoms. The van der Waals surface area contributed by atoms with Crippen molar-refractivity contribution >= 4 is 29.4 Å². The van der Waals surface area contributed by atoms with Crippen molar-refractivity contribution in [3.05, 3.63) is 33.9 Å². The van der Waals surface area contributed by atoms with E-state index in [9.17, 15) is 24.8 Å². The van der Waals surface area contributed by atoms with Crippen molar-refractivity contribution in [2.45, 2.75) is 11.8 Å². The van der Waals surface area contributed by atoms with E-state index in [4.69, 9.17) is 4.74 Å². The Morgan fingerprint density at radius 3 is 2.63 bits per heavy atom. The van der Waals surface area contributed by atoms with E-state index in [1.165, 1.54) is 12.1 Å². The van der Waals surface area contributed by atoms with Gasteiger partial charge in [0, 0.05) is 11.6 Å². The molecule has 0 aliphatic carbocycles.